The second kappa shape index (κ2) is 13.1. The highest BCUT2D eigenvalue weighted by atomic mass is 19.1. The molecule has 0 aliphatic heterocycles. The van der Waals surface area contributed by atoms with Crippen LogP contribution in [0.15, 0.2) is 24.4 Å². The maximum absolute atomic E-state index is 14.9. The first-order valence-electron chi connectivity index (χ1n) is 16.9. The zero-order chi connectivity index (χ0) is 36.1. The van der Waals surface area contributed by atoms with E-state index in [1.54, 1.807) is 53.8 Å². The fourth-order valence-electron chi connectivity index (χ4n) is 5.99. The Morgan fingerprint density at radius 1 is 0.878 bits per heavy atom. The predicted octanol–water partition coefficient (Wildman–Crippen LogP) is 8.38. The summed E-state index contributed by atoms with van der Waals surface area (Å²) in [5.74, 6) is -0.617. The van der Waals surface area contributed by atoms with E-state index in [9.17, 15) is 18.8 Å². The Labute approximate surface area is 286 Å². The topological polar surface area (TPSA) is 151 Å². The van der Waals surface area contributed by atoms with E-state index in [0.29, 0.717) is 35.0 Å². The number of carbonyl (C=O) groups excluding carboxylic acids is 3. The van der Waals surface area contributed by atoms with Crippen molar-refractivity contribution < 1.29 is 33.0 Å². The number of imide groups is 1. The van der Waals surface area contributed by atoms with Crippen LogP contribution in [0, 0.1) is 5.82 Å². The van der Waals surface area contributed by atoms with Crippen molar-refractivity contribution in [2.45, 2.75) is 136 Å². The lowest BCUT2D eigenvalue weighted by atomic mass is 9.81. The molecule has 0 radical (unpaired) electrons. The monoisotopic (exact) mass is 680 g/mol. The Balaban J connectivity index is 1.65. The molecular weight excluding hydrogens is 631 g/mol. The van der Waals surface area contributed by atoms with E-state index in [4.69, 9.17) is 30.0 Å². The fraction of sp³-hybridized carbons (Fsp3) is 0.583. The Kier molecular flexibility index (Phi) is 9.61. The van der Waals surface area contributed by atoms with Crippen LogP contribution in [-0.4, -0.2) is 55.9 Å². The molecule has 1 aromatic carbocycles. The van der Waals surface area contributed by atoms with Gasteiger partial charge in [-0.3, -0.25) is 4.68 Å². The minimum Gasteiger partial charge on any atom is -0.444 e. The number of halogens is 1. The summed E-state index contributed by atoms with van der Waals surface area (Å²) in [5, 5.41) is 8.41. The van der Waals surface area contributed by atoms with E-state index >= 15 is 0 Å². The van der Waals surface area contributed by atoms with Gasteiger partial charge in [-0.25, -0.2) is 23.8 Å². The number of nitrogens with one attached hydrogen (secondary N) is 1. The van der Waals surface area contributed by atoms with Crippen LogP contribution in [0.25, 0.3) is 22.2 Å². The number of rotatable bonds is 5. The van der Waals surface area contributed by atoms with Gasteiger partial charge in [-0.2, -0.15) is 10.00 Å². The molecule has 266 valence electrons. The Morgan fingerprint density at radius 3 is 1.96 bits per heavy atom. The van der Waals surface area contributed by atoms with Crippen LogP contribution in [0.5, 0.6) is 0 Å². The molecule has 0 bridgehead atoms. The average Bonchev–Trinajstić information content (AvgIpc) is 3.72. The Morgan fingerprint density at radius 2 is 1.45 bits per heavy atom. The average molecular weight is 681 g/mol. The van der Waals surface area contributed by atoms with Crippen LogP contribution in [0.3, 0.4) is 0 Å². The summed E-state index contributed by atoms with van der Waals surface area (Å²) in [6, 6.07) is 4.44. The van der Waals surface area contributed by atoms with Gasteiger partial charge in [0.25, 0.3) is 0 Å². The third kappa shape index (κ3) is 8.60. The number of benzene rings is 1. The zero-order valence-corrected chi connectivity index (χ0v) is 30.0. The molecule has 0 atom stereocenters. The van der Waals surface area contributed by atoms with E-state index in [-0.39, 0.29) is 29.5 Å². The lowest BCUT2D eigenvalue weighted by Gasteiger charge is -2.31. The van der Waals surface area contributed by atoms with Gasteiger partial charge in [0, 0.05) is 17.8 Å². The number of hydrogen-bond donors (Lipinski definition) is 2. The van der Waals surface area contributed by atoms with Crippen molar-refractivity contribution in [3.8, 4) is 11.3 Å². The molecule has 2 aliphatic rings. The summed E-state index contributed by atoms with van der Waals surface area (Å²) in [5.41, 5.74) is 5.70. The summed E-state index contributed by atoms with van der Waals surface area (Å²) in [4.78, 5) is 45.7. The molecule has 12 nitrogen and oxygen atoms in total. The Hall–Kier alpha value is -4.42. The van der Waals surface area contributed by atoms with Gasteiger partial charge in [0.2, 0.25) is 0 Å². The molecule has 2 heterocycles. The van der Waals surface area contributed by atoms with Crippen molar-refractivity contribution in [2.75, 3.05) is 10.6 Å². The van der Waals surface area contributed by atoms with Crippen LogP contribution >= 0.6 is 0 Å². The quantitative estimate of drug-likeness (QED) is 0.200. The molecule has 2 fully saturated rings. The summed E-state index contributed by atoms with van der Waals surface area (Å²) >= 11 is 0. The SMILES string of the molecule is CC(C)(C)OC(=O)NC1CCC(c2cnc(N(C(=O)OC(C)(C)C)C(=O)OC(C)(C)C)c3c(-c4ccc(N)c(F)c4)nn(C4CC4)c23)CC1. The van der Waals surface area contributed by atoms with Crippen molar-refractivity contribution >= 4 is 40.7 Å². The first kappa shape index (κ1) is 35.9. The van der Waals surface area contributed by atoms with Gasteiger partial charge in [-0.05, 0) is 124 Å². The van der Waals surface area contributed by atoms with Crippen molar-refractivity contribution in [2.24, 2.45) is 0 Å². The van der Waals surface area contributed by atoms with E-state index < -0.39 is 40.9 Å². The van der Waals surface area contributed by atoms with Gasteiger partial charge in [-0.15, -0.1) is 0 Å². The summed E-state index contributed by atoms with van der Waals surface area (Å²) in [6.07, 6.45) is 3.98. The minimum absolute atomic E-state index is 0.0189. The number of nitrogen functional groups attached to an aromatic ring is 1. The van der Waals surface area contributed by atoms with Crippen LogP contribution in [0.2, 0.25) is 0 Å². The van der Waals surface area contributed by atoms with Gasteiger partial charge >= 0.3 is 18.3 Å². The highest BCUT2D eigenvalue weighted by Gasteiger charge is 2.39. The highest BCUT2D eigenvalue weighted by Crippen LogP contribution is 2.47. The largest absolute Gasteiger partial charge is 0.444 e. The maximum Gasteiger partial charge on any atom is 0.425 e. The number of amides is 3. The van der Waals surface area contributed by atoms with Crippen molar-refractivity contribution in [1.82, 2.24) is 20.1 Å². The molecule has 5 rings (SSSR count). The molecule has 0 saturated heterocycles. The lowest BCUT2D eigenvalue weighted by molar-refractivity contribution is 0.0425. The van der Waals surface area contributed by atoms with Crippen LogP contribution < -0.4 is 16.0 Å². The molecule has 2 aromatic heterocycles. The standard InChI is InChI=1S/C36H49FN6O6/c1-34(2,3)47-31(44)40-22-13-10-20(11-14-22)24-19-39-30(42(32(45)48-35(4,5)6)33(46)49-36(7,8)9)27-28(21-12-17-26(38)25(37)18-21)41-43(29(24)27)23-15-16-23/h12,17-20,22-23H,10-11,13-16,38H2,1-9H3,(H,40,44). The van der Waals surface area contributed by atoms with Crippen molar-refractivity contribution in [3.63, 3.8) is 0 Å². The second-order valence-corrected chi connectivity index (χ2v) is 16.0. The van der Waals surface area contributed by atoms with E-state index in [1.165, 1.54) is 12.1 Å². The molecule has 2 saturated carbocycles. The molecule has 3 amide bonds. The molecule has 2 aliphatic carbocycles. The molecule has 3 aromatic rings. The number of carbonyl (C=O) groups is 3. The number of nitrogens with zero attached hydrogens (tertiary/aromatic N) is 4. The minimum atomic E-state index is -0.967. The van der Waals surface area contributed by atoms with Crippen molar-refractivity contribution in [1.29, 1.82) is 0 Å². The molecule has 13 heteroatoms. The summed E-state index contributed by atoms with van der Waals surface area (Å²) < 4.78 is 33.7. The van der Waals surface area contributed by atoms with Gasteiger partial charge in [0.1, 0.15) is 28.3 Å². The number of aromatic nitrogens is 3. The lowest BCUT2D eigenvalue weighted by Crippen LogP contribution is -2.44. The smallest absolute Gasteiger partial charge is 0.425 e. The number of fused-ring (bicyclic) bond motifs is 1. The van der Waals surface area contributed by atoms with Gasteiger partial charge in [-0.1, -0.05) is 6.07 Å². The number of ether oxygens (including phenoxy) is 3. The second-order valence-electron chi connectivity index (χ2n) is 16.0. The van der Waals surface area contributed by atoms with Gasteiger partial charge in [0.15, 0.2) is 5.82 Å². The number of alkyl carbamates (subject to hydrolysis) is 1. The van der Waals surface area contributed by atoms with Gasteiger partial charge in [0.05, 0.1) is 22.6 Å². The first-order chi connectivity index (χ1) is 22.7. The number of nitrogens with two attached hydrogens (primary N) is 1. The number of hydrogen-bond acceptors (Lipinski definition) is 9. The zero-order valence-electron chi connectivity index (χ0n) is 30.0. The molecule has 0 spiro atoms. The third-order valence-electron chi connectivity index (χ3n) is 8.15. The first-order valence-corrected chi connectivity index (χ1v) is 16.9. The summed E-state index contributed by atoms with van der Waals surface area (Å²) in [6.45, 7) is 15.7. The van der Waals surface area contributed by atoms with Crippen LogP contribution in [0.1, 0.15) is 118 Å². The number of anilines is 2. The molecule has 3 N–H and O–H groups in total. The van der Waals surface area contributed by atoms with E-state index in [2.05, 4.69) is 5.32 Å². The third-order valence-corrected chi connectivity index (χ3v) is 8.15. The van der Waals surface area contributed by atoms with Crippen LogP contribution in [0.4, 0.5) is 30.3 Å². The Bertz CT molecular complexity index is 1710. The summed E-state index contributed by atoms with van der Waals surface area (Å²) in [7, 11) is 0. The molecule has 49 heavy (non-hydrogen) atoms. The van der Waals surface area contributed by atoms with Crippen molar-refractivity contribution in [3.05, 3.63) is 35.8 Å². The number of pyridine rings is 1. The maximum atomic E-state index is 14.9. The van der Waals surface area contributed by atoms with Gasteiger partial charge < -0.3 is 25.3 Å². The molecule has 0 unspecified atom stereocenters. The fourth-order valence-corrected chi connectivity index (χ4v) is 5.99. The van der Waals surface area contributed by atoms with E-state index in [1.807, 2.05) is 25.5 Å². The van der Waals surface area contributed by atoms with E-state index in [0.717, 1.165) is 36.1 Å². The highest BCUT2D eigenvalue weighted by molar-refractivity contribution is 6.16. The predicted molar refractivity (Wildman–Crippen MR) is 185 cm³/mol. The normalized spacial score (nSPS) is 18.6. The molecular formula is C36H49FN6O6. The van der Waals surface area contributed by atoms with Crippen LogP contribution in [-0.2, 0) is 14.2 Å².